The Morgan fingerprint density at radius 3 is 1.91 bits per heavy atom. The van der Waals surface area contributed by atoms with E-state index in [0.717, 1.165) is 4.90 Å². The molecule has 36 nitrogen and oxygen atoms in total. The van der Waals surface area contributed by atoms with E-state index in [4.69, 9.17) is 45.6 Å². The van der Waals surface area contributed by atoms with Crippen LogP contribution in [0, 0.1) is 5.92 Å². The van der Waals surface area contributed by atoms with E-state index in [1.54, 1.807) is 44.2 Å². The number of aliphatic hydroxyl groups is 13. The van der Waals surface area contributed by atoms with Crippen LogP contribution in [-0.4, -0.2) is 305 Å². The van der Waals surface area contributed by atoms with Gasteiger partial charge in [-0.2, -0.15) is 0 Å². The Labute approximate surface area is 538 Å². The molecule has 94 heavy (non-hydrogen) atoms. The number of hydrogen-bond donors (Lipinski definition) is 21. The number of benzene rings is 2. The molecule has 0 aromatic heterocycles. The molecule has 5 aliphatic heterocycles. The molecule has 4 amide bonds. The summed E-state index contributed by atoms with van der Waals surface area (Å²) < 4.78 is 34.2. The molecule has 5 heterocycles. The normalized spacial score (nSPS) is 32.3. The zero-order valence-electron chi connectivity index (χ0n) is 51.4. The Bertz CT molecular complexity index is 2910. The highest BCUT2D eigenvalue weighted by Gasteiger charge is 2.55. The Kier molecular flexibility index (Phi) is 26.7. The summed E-state index contributed by atoms with van der Waals surface area (Å²) in [6, 6.07) is 2.08. The summed E-state index contributed by atoms with van der Waals surface area (Å²) >= 11 is 0. The van der Waals surface area contributed by atoms with Crippen LogP contribution in [0.4, 0.5) is 0 Å². The number of rotatable bonds is 30. The van der Waals surface area contributed by atoms with E-state index in [1.165, 1.54) is 24.3 Å². The molecule has 24 N–H and O–H groups in total. The average molecular weight is 1340 g/mol. The van der Waals surface area contributed by atoms with Crippen molar-refractivity contribution in [1.82, 2.24) is 31.5 Å². The van der Waals surface area contributed by atoms with Crippen molar-refractivity contribution in [2.45, 2.75) is 193 Å². The molecule has 0 aliphatic carbocycles. The van der Waals surface area contributed by atoms with Gasteiger partial charge in [0.15, 0.2) is 30.5 Å². The van der Waals surface area contributed by atoms with Crippen LogP contribution in [0.2, 0.25) is 0 Å². The molecule has 3 saturated heterocycles. The zero-order chi connectivity index (χ0) is 69.0. The Morgan fingerprint density at radius 2 is 1.31 bits per heavy atom. The number of nitrogens with zero attached hydrogens (tertiary/aromatic N) is 3. The van der Waals surface area contributed by atoms with Gasteiger partial charge in [0, 0.05) is 18.8 Å². The number of amides is 4. The summed E-state index contributed by atoms with van der Waals surface area (Å²) in [5.41, 5.74) is 19.5. The lowest BCUT2D eigenvalue weighted by Gasteiger charge is -2.46. The lowest BCUT2D eigenvalue weighted by molar-refractivity contribution is -0.353. The van der Waals surface area contributed by atoms with Crippen LogP contribution in [0.15, 0.2) is 64.6 Å². The molecule has 2 aromatic carbocycles. The summed E-state index contributed by atoms with van der Waals surface area (Å²) in [6.45, 7) is 0.884. The molecular formula is C58H87N11O25. The fraction of sp³-hybridized carbons (Fsp3) is 0.655. The highest BCUT2D eigenvalue weighted by molar-refractivity contribution is 5.96. The van der Waals surface area contributed by atoms with E-state index in [9.17, 15) is 95.2 Å². The number of carbonyl (C=O) groups excluding carboxylic acids is 6. The molecule has 3 fully saturated rings. The van der Waals surface area contributed by atoms with E-state index in [1.807, 2.05) is 6.92 Å². The number of ether oxygens (including phenoxy) is 6. The molecule has 0 saturated carbocycles. The summed E-state index contributed by atoms with van der Waals surface area (Å²) in [6.07, 6.45) is -30.6. The molecule has 5 aliphatic rings. The monoisotopic (exact) mass is 1340 g/mol. The van der Waals surface area contributed by atoms with E-state index < -0.39 is 227 Å². The third-order valence-corrected chi connectivity index (χ3v) is 17.2. The second kappa shape index (κ2) is 33.6. The quantitative estimate of drug-likeness (QED) is 0.0255. The summed E-state index contributed by atoms with van der Waals surface area (Å²) in [7, 11) is 0. The van der Waals surface area contributed by atoms with Crippen molar-refractivity contribution in [1.29, 1.82) is 0 Å². The first-order valence-electron chi connectivity index (χ1n) is 30.5. The van der Waals surface area contributed by atoms with Crippen LogP contribution in [0.1, 0.15) is 50.7 Å². The Morgan fingerprint density at radius 1 is 0.691 bits per heavy atom. The standard InChI is InChI=1S/C58H87N11O25/c1-4-23(2)14-35(75)93-49-42(79)33(21-73)91-56(47(49)84)94-48-34(22-74)92-55(46(83)44(48)81)89-28-12-10-25(11-13-28)15-29(65-51(86)36(59)24(3)26-8-6-5-7-9-26)50(85)67-37(39(76)30-16-62-57(60)66-30)53(88)68-38(52(87)64-27(18-70)19-71)40(77)31-17-63-58(61)69(31)54-45(82)43(80)41(78)32(20-72)90-54/h5-13,18,23-24,27,29-34,36-49,54-56,71-74,76-84H,4,14-17,19-22,59H2,1-3H3,(H2,61,63)(H,64,87)(H,65,86)(H,67,85)(H,68,88)(H3,60,62,66)/t23?,24?,27-,29+,30?,31?,32?,33?,34?,36+,37+,38+,39?,40?,41?,42?,43?,44?,45?,46?,47?,48?,49?,54?,55?,56?/m1/s1. The first-order chi connectivity index (χ1) is 44.7. The van der Waals surface area contributed by atoms with Crippen molar-refractivity contribution in [3.8, 4) is 5.75 Å². The molecule has 0 bridgehead atoms. The third kappa shape index (κ3) is 17.6. The van der Waals surface area contributed by atoms with Gasteiger partial charge in [0.25, 0.3) is 0 Å². The number of nitrogens with one attached hydrogen (secondary N) is 5. The minimum atomic E-state index is -2.26. The summed E-state index contributed by atoms with van der Waals surface area (Å²) in [5.74, 6) is -7.11. The first kappa shape index (κ1) is 74.5. The fourth-order valence-corrected chi connectivity index (χ4v) is 11.2. The highest BCUT2D eigenvalue weighted by atomic mass is 16.7. The van der Waals surface area contributed by atoms with Crippen molar-refractivity contribution in [3.63, 3.8) is 0 Å². The number of aliphatic imine (C=N–C) groups is 2. The second-order valence-electron chi connectivity index (χ2n) is 23.7. The van der Waals surface area contributed by atoms with Gasteiger partial charge in [-0.15, -0.1) is 0 Å². The van der Waals surface area contributed by atoms with E-state index >= 15 is 0 Å². The maximum Gasteiger partial charge on any atom is 0.306 e. The number of carbonyl (C=O) groups is 6. The number of aldehydes is 1. The first-order valence-corrected chi connectivity index (χ1v) is 30.5. The maximum atomic E-state index is 14.9. The predicted octanol–water partition coefficient (Wildman–Crippen LogP) is -10.7. The van der Waals surface area contributed by atoms with E-state index in [2.05, 4.69) is 36.6 Å². The topological polar surface area (TPSA) is 587 Å². The van der Waals surface area contributed by atoms with Gasteiger partial charge < -0.3 is 148 Å². The van der Waals surface area contributed by atoms with Crippen LogP contribution in [0.25, 0.3) is 0 Å². The van der Waals surface area contributed by atoms with Crippen molar-refractivity contribution >= 4 is 47.8 Å². The van der Waals surface area contributed by atoms with Crippen molar-refractivity contribution < 1.29 is 124 Å². The van der Waals surface area contributed by atoms with Gasteiger partial charge >= 0.3 is 5.97 Å². The maximum absolute atomic E-state index is 14.9. The molecule has 21 unspecified atom stereocenters. The lowest BCUT2D eigenvalue weighted by atomic mass is 9.93. The highest BCUT2D eigenvalue weighted by Crippen LogP contribution is 2.33. The average Bonchev–Trinajstić information content (AvgIpc) is 1.33. The zero-order valence-corrected chi connectivity index (χ0v) is 51.4. The van der Waals surface area contributed by atoms with Crippen LogP contribution in [0.3, 0.4) is 0 Å². The smallest absolute Gasteiger partial charge is 0.306 e. The second-order valence-corrected chi connectivity index (χ2v) is 23.7. The van der Waals surface area contributed by atoms with Crippen LogP contribution in [-0.2, 0) is 58.9 Å². The summed E-state index contributed by atoms with van der Waals surface area (Å²) in [4.78, 5) is 91.9. The van der Waals surface area contributed by atoms with Crippen LogP contribution >= 0.6 is 0 Å². The van der Waals surface area contributed by atoms with Crippen molar-refractivity contribution in [2.75, 3.05) is 39.5 Å². The number of esters is 1. The summed E-state index contributed by atoms with van der Waals surface area (Å²) in [5, 5.41) is 154. The van der Waals surface area contributed by atoms with Gasteiger partial charge in [-0.3, -0.25) is 34.0 Å². The molecule has 26 atom stereocenters. The number of nitrogens with two attached hydrogens (primary N) is 3. The van der Waals surface area contributed by atoms with Gasteiger partial charge in [-0.05, 0) is 29.2 Å². The Hall–Kier alpha value is -6.92. The Balaban J connectivity index is 1.13. The molecule has 7 rings (SSSR count). The largest absolute Gasteiger partial charge is 0.462 e. The number of hydrogen-bond acceptors (Lipinski definition) is 32. The van der Waals surface area contributed by atoms with Gasteiger partial charge in [0.2, 0.25) is 29.9 Å². The third-order valence-electron chi connectivity index (χ3n) is 17.2. The number of guanidine groups is 2. The van der Waals surface area contributed by atoms with Gasteiger partial charge in [-0.25, -0.2) is 0 Å². The fourth-order valence-electron chi connectivity index (χ4n) is 11.2. The van der Waals surface area contributed by atoms with E-state index in [0.29, 0.717) is 12.0 Å². The van der Waals surface area contributed by atoms with Crippen molar-refractivity contribution in [3.05, 3.63) is 65.7 Å². The van der Waals surface area contributed by atoms with Crippen LogP contribution in [0.5, 0.6) is 5.75 Å². The van der Waals surface area contributed by atoms with Crippen molar-refractivity contribution in [2.24, 2.45) is 33.1 Å². The van der Waals surface area contributed by atoms with Gasteiger partial charge in [-0.1, -0.05) is 69.7 Å². The van der Waals surface area contributed by atoms with Gasteiger partial charge in [0.1, 0.15) is 116 Å². The van der Waals surface area contributed by atoms with Gasteiger partial charge in [0.05, 0.1) is 57.6 Å². The van der Waals surface area contributed by atoms with Crippen LogP contribution < -0.4 is 48.5 Å². The minimum absolute atomic E-state index is 0.0551. The molecule has 524 valence electrons. The molecule has 0 spiro atoms. The predicted molar refractivity (Wildman–Crippen MR) is 320 cm³/mol. The number of aliphatic hydroxyl groups excluding tert-OH is 13. The minimum Gasteiger partial charge on any atom is -0.462 e. The molecule has 2 aromatic rings. The molecular weight excluding hydrogens is 1250 g/mol. The molecule has 0 radical (unpaired) electrons. The SMILES string of the molecule is CCC(C)CC(=O)OC1C(O)C(CO)OC(OC2C(CO)OC(Oc3ccc(C[C@H](NC(=O)[C@@H](N)C(C)c4ccccc4)C(=O)N[C@H](C(=O)N[C@H](C(=O)N[C@H](C=O)CO)C(O)C4CN=C(N)N4C4OC(CO)C(O)C(O)C4O)C(O)C4CN=C(N)N4)cc3)C(O)C2O)C1O. The molecule has 36 heteroatoms. The lowest BCUT2D eigenvalue weighted by Crippen LogP contribution is -2.70. The van der Waals surface area contributed by atoms with E-state index in [-0.39, 0.29) is 42.4 Å².